The number of methoxy groups -OCH3 is 1. The number of hydrogen-bond donors (Lipinski definition) is 3. The van der Waals surface area contributed by atoms with E-state index >= 15 is 0 Å². The quantitative estimate of drug-likeness (QED) is 0.486. The van der Waals surface area contributed by atoms with Crippen molar-refractivity contribution >= 4 is 23.7 Å². The van der Waals surface area contributed by atoms with Gasteiger partial charge >= 0.3 is 12.1 Å². The van der Waals surface area contributed by atoms with Crippen LogP contribution in [0.15, 0.2) is 66.7 Å². The number of aliphatic carboxylic acids is 1. The minimum Gasteiger partial charge on any atom is -0.497 e. The van der Waals surface area contributed by atoms with Gasteiger partial charge in [0.1, 0.15) is 18.4 Å². The second-order valence-corrected chi connectivity index (χ2v) is 7.90. The number of nitrogens with one attached hydrogen (secondary N) is 2. The summed E-state index contributed by atoms with van der Waals surface area (Å²) < 4.78 is 10.7. The van der Waals surface area contributed by atoms with Gasteiger partial charge in [0.2, 0.25) is 0 Å². The molecule has 3 aromatic rings. The first-order chi connectivity index (χ1) is 16.4. The summed E-state index contributed by atoms with van der Waals surface area (Å²) in [5.41, 5.74) is 4.64. The summed E-state index contributed by atoms with van der Waals surface area (Å²) in [4.78, 5) is 36.4. The molecule has 0 spiro atoms. The van der Waals surface area contributed by atoms with Crippen LogP contribution >= 0.6 is 0 Å². The molecule has 1 atom stereocenters. The SMILES string of the molecule is COc1ccc(NC(=O)OCC2c3ccccc3-c3ccccc32)c(C(=O)N[C@@H](C)C(=O)O)c1. The summed E-state index contributed by atoms with van der Waals surface area (Å²) >= 11 is 0. The van der Waals surface area contributed by atoms with Gasteiger partial charge < -0.3 is 19.9 Å². The van der Waals surface area contributed by atoms with E-state index in [2.05, 4.69) is 22.8 Å². The van der Waals surface area contributed by atoms with Crippen molar-refractivity contribution in [3.8, 4) is 16.9 Å². The van der Waals surface area contributed by atoms with Gasteiger partial charge in [-0.25, -0.2) is 4.79 Å². The molecule has 0 aromatic heterocycles. The third kappa shape index (κ3) is 4.56. The Kier molecular flexibility index (Phi) is 6.49. The van der Waals surface area contributed by atoms with Crippen LogP contribution in [0.1, 0.15) is 34.3 Å². The summed E-state index contributed by atoms with van der Waals surface area (Å²) in [6.45, 7) is 1.46. The van der Waals surface area contributed by atoms with Crippen LogP contribution in [-0.2, 0) is 9.53 Å². The highest BCUT2D eigenvalue weighted by Crippen LogP contribution is 2.44. The molecule has 0 bridgehead atoms. The lowest BCUT2D eigenvalue weighted by Gasteiger charge is -2.16. The zero-order chi connectivity index (χ0) is 24.2. The highest BCUT2D eigenvalue weighted by Gasteiger charge is 2.29. The standard InChI is InChI=1S/C26H24N2O6/c1-15(25(30)31)27-24(29)21-13-16(33-2)11-12-23(21)28-26(32)34-14-22-19-9-5-3-7-17(19)18-8-4-6-10-20(18)22/h3-13,15,22H,14H2,1-2H3,(H,27,29)(H,28,32)(H,30,31)/t15-/m0/s1. The van der Waals surface area contributed by atoms with Gasteiger partial charge in [0, 0.05) is 5.92 Å². The van der Waals surface area contributed by atoms with E-state index in [0.717, 1.165) is 22.3 Å². The Morgan fingerprint density at radius 3 is 2.18 bits per heavy atom. The van der Waals surface area contributed by atoms with E-state index in [-0.39, 0.29) is 23.8 Å². The lowest BCUT2D eigenvalue weighted by atomic mass is 9.98. The molecule has 0 fully saturated rings. The number of benzene rings is 3. The van der Waals surface area contributed by atoms with Crippen LogP contribution in [-0.4, -0.2) is 42.8 Å². The molecule has 0 unspecified atom stereocenters. The minimum absolute atomic E-state index is 0.0564. The smallest absolute Gasteiger partial charge is 0.411 e. The fraction of sp³-hybridized carbons (Fsp3) is 0.192. The molecule has 0 heterocycles. The molecule has 4 rings (SSSR count). The summed E-state index contributed by atoms with van der Waals surface area (Å²) in [7, 11) is 1.44. The highest BCUT2D eigenvalue weighted by atomic mass is 16.5. The number of carbonyl (C=O) groups is 3. The monoisotopic (exact) mass is 460 g/mol. The maximum absolute atomic E-state index is 12.7. The lowest BCUT2D eigenvalue weighted by Crippen LogP contribution is -2.38. The van der Waals surface area contributed by atoms with Crippen LogP contribution in [0.3, 0.4) is 0 Å². The Labute approximate surface area is 196 Å². The van der Waals surface area contributed by atoms with E-state index in [4.69, 9.17) is 14.6 Å². The van der Waals surface area contributed by atoms with E-state index < -0.39 is 24.0 Å². The molecule has 3 aromatic carbocycles. The summed E-state index contributed by atoms with van der Waals surface area (Å²) in [6, 6.07) is 19.4. The number of anilines is 1. The number of amides is 2. The molecular weight excluding hydrogens is 436 g/mol. The molecule has 1 aliphatic rings. The van der Waals surface area contributed by atoms with Crippen LogP contribution in [0.5, 0.6) is 5.75 Å². The zero-order valence-electron chi connectivity index (χ0n) is 18.7. The Morgan fingerprint density at radius 2 is 1.59 bits per heavy atom. The van der Waals surface area contributed by atoms with Gasteiger partial charge in [0.25, 0.3) is 5.91 Å². The van der Waals surface area contributed by atoms with Crippen LogP contribution in [0.2, 0.25) is 0 Å². The van der Waals surface area contributed by atoms with E-state index in [1.807, 2.05) is 36.4 Å². The number of ether oxygens (including phenoxy) is 2. The van der Waals surface area contributed by atoms with Crippen molar-refractivity contribution in [2.45, 2.75) is 18.9 Å². The first kappa shape index (κ1) is 22.8. The van der Waals surface area contributed by atoms with Gasteiger partial charge in [0.05, 0.1) is 18.4 Å². The molecule has 8 heteroatoms. The van der Waals surface area contributed by atoms with Crippen LogP contribution < -0.4 is 15.4 Å². The van der Waals surface area contributed by atoms with E-state index in [0.29, 0.717) is 5.75 Å². The van der Waals surface area contributed by atoms with Crippen LogP contribution in [0.4, 0.5) is 10.5 Å². The van der Waals surface area contributed by atoms with Gasteiger partial charge in [-0.05, 0) is 47.4 Å². The minimum atomic E-state index is -1.18. The first-order valence-corrected chi connectivity index (χ1v) is 10.7. The van der Waals surface area contributed by atoms with E-state index in [1.165, 1.54) is 26.2 Å². The highest BCUT2D eigenvalue weighted by molar-refractivity contribution is 6.04. The molecule has 174 valence electrons. The summed E-state index contributed by atoms with van der Waals surface area (Å²) in [5, 5.41) is 14.0. The fourth-order valence-corrected chi connectivity index (χ4v) is 4.03. The van der Waals surface area contributed by atoms with Crippen LogP contribution in [0.25, 0.3) is 11.1 Å². The Morgan fingerprint density at radius 1 is 0.971 bits per heavy atom. The van der Waals surface area contributed by atoms with Crippen molar-refractivity contribution in [1.82, 2.24) is 5.32 Å². The average molecular weight is 460 g/mol. The van der Waals surface area contributed by atoms with Crippen molar-refractivity contribution in [3.63, 3.8) is 0 Å². The van der Waals surface area contributed by atoms with Gasteiger partial charge in [-0.15, -0.1) is 0 Å². The largest absolute Gasteiger partial charge is 0.497 e. The number of carboxylic acid groups (broad SMARTS) is 1. The first-order valence-electron chi connectivity index (χ1n) is 10.7. The number of carbonyl (C=O) groups excluding carboxylic acids is 2. The van der Waals surface area contributed by atoms with Gasteiger partial charge in [-0.1, -0.05) is 48.5 Å². The second kappa shape index (κ2) is 9.66. The molecule has 0 saturated carbocycles. The number of rotatable bonds is 7. The molecule has 0 saturated heterocycles. The number of fused-ring (bicyclic) bond motifs is 3. The maximum Gasteiger partial charge on any atom is 0.411 e. The second-order valence-electron chi connectivity index (χ2n) is 7.90. The van der Waals surface area contributed by atoms with Crippen molar-refractivity contribution in [2.24, 2.45) is 0 Å². The van der Waals surface area contributed by atoms with Crippen molar-refractivity contribution in [1.29, 1.82) is 0 Å². The summed E-state index contributed by atoms with van der Waals surface area (Å²) in [5.74, 6) is -1.57. The number of hydrogen-bond acceptors (Lipinski definition) is 5. The van der Waals surface area contributed by atoms with E-state index in [1.54, 1.807) is 6.07 Å². The van der Waals surface area contributed by atoms with Gasteiger partial charge in [0.15, 0.2) is 0 Å². The molecule has 3 N–H and O–H groups in total. The maximum atomic E-state index is 12.7. The fourth-order valence-electron chi connectivity index (χ4n) is 4.03. The zero-order valence-corrected chi connectivity index (χ0v) is 18.7. The molecule has 0 aliphatic heterocycles. The predicted octanol–water partition coefficient (Wildman–Crippen LogP) is 4.26. The van der Waals surface area contributed by atoms with Crippen LogP contribution in [0, 0.1) is 0 Å². The topological polar surface area (TPSA) is 114 Å². The summed E-state index contributed by atoms with van der Waals surface area (Å²) in [6.07, 6.45) is -0.729. The van der Waals surface area contributed by atoms with Gasteiger partial charge in [-0.3, -0.25) is 14.9 Å². The third-order valence-corrected chi connectivity index (χ3v) is 5.77. The van der Waals surface area contributed by atoms with Crippen molar-refractivity contribution < 1.29 is 29.0 Å². The molecule has 1 aliphatic carbocycles. The lowest BCUT2D eigenvalue weighted by molar-refractivity contribution is -0.138. The van der Waals surface area contributed by atoms with Crippen molar-refractivity contribution in [3.05, 3.63) is 83.4 Å². The molecule has 2 amide bonds. The molecule has 34 heavy (non-hydrogen) atoms. The normalized spacial score (nSPS) is 12.8. The Hall–Kier alpha value is -4.33. The molecule has 0 radical (unpaired) electrons. The predicted molar refractivity (Wildman–Crippen MR) is 126 cm³/mol. The Balaban J connectivity index is 1.50. The average Bonchev–Trinajstić information content (AvgIpc) is 3.16. The molecular formula is C26H24N2O6. The van der Waals surface area contributed by atoms with Gasteiger partial charge in [-0.2, -0.15) is 0 Å². The van der Waals surface area contributed by atoms with Crippen molar-refractivity contribution in [2.75, 3.05) is 19.0 Å². The Bertz CT molecular complexity index is 1210. The number of carboxylic acids is 1. The third-order valence-electron chi connectivity index (χ3n) is 5.77. The van der Waals surface area contributed by atoms with E-state index in [9.17, 15) is 14.4 Å². The molecule has 8 nitrogen and oxygen atoms in total.